The van der Waals surface area contributed by atoms with Gasteiger partial charge in [0.15, 0.2) is 0 Å². The smallest absolute Gasteiger partial charge is 0.573 e. The lowest BCUT2D eigenvalue weighted by molar-refractivity contribution is -0.355. The van der Waals surface area contributed by atoms with E-state index in [1.54, 1.807) is 25.1 Å². The maximum atomic E-state index is 12.4. The van der Waals surface area contributed by atoms with Gasteiger partial charge in [-0.15, -0.1) is 13.2 Å². The van der Waals surface area contributed by atoms with E-state index in [1.165, 1.54) is 12.1 Å². The van der Waals surface area contributed by atoms with Gasteiger partial charge in [0.05, 0.1) is 5.56 Å². The summed E-state index contributed by atoms with van der Waals surface area (Å²) in [5, 5.41) is 12.3. The number of nitrogens with zero attached hydrogens (tertiary/aromatic N) is 1. The predicted octanol–water partition coefficient (Wildman–Crippen LogP) is 3.72. The molecule has 0 bridgehead atoms. The maximum absolute atomic E-state index is 12.4. The van der Waals surface area contributed by atoms with Crippen molar-refractivity contribution >= 4 is 17.2 Å². The SMILES string of the molecule is Cc1ccc2c(c1)C(=O)C(c1ccc(OC(F)(F)F)cc1)=[N+]2[O-]. The summed E-state index contributed by atoms with van der Waals surface area (Å²) in [6.07, 6.45) is -4.80. The Morgan fingerprint density at radius 3 is 2.35 bits per heavy atom. The minimum Gasteiger partial charge on any atom is -0.618 e. The number of hydrogen-bond acceptors (Lipinski definition) is 3. The van der Waals surface area contributed by atoms with Crippen molar-refractivity contribution in [3.05, 3.63) is 64.4 Å². The lowest BCUT2D eigenvalue weighted by Crippen LogP contribution is -2.18. The van der Waals surface area contributed by atoms with Crippen molar-refractivity contribution in [1.29, 1.82) is 0 Å². The molecular formula is C16H10F3NO3. The molecule has 0 aliphatic carbocycles. The van der Waals surface area contributed by atoms with Crippen LogP contribution in [0.2, 0.25) is 0 Å². The van der Waals surface area contributed by atoms with Gasteiger partial charge in [0.2, 0.25) is 5.69 Å². The summed E-state index contributed by atoms with van der Waals surface area (Å²) in [5.41, 5.74) is 1.45. The number of Topliss-reactive ketones (excluding diaryl/α,β-unsaturated/α-hetero) is 1. The van der Waals surface area contributed by atoms with E-state index in [2.05, 4.69) is 4.74 Å². The second kappa shape index (κ2) is 5.12. The van der Waals surface area contributed by atoms with E-state index >= 15 is 0 Å². The molecule has 1 heterocycles. The van der Waals surface area contributed by atoms with Crippen molar-refractivity contribution in [2.24, 2.45) is 0 Å². The third kappa shape index (κ3) is 2.77. The molecule has 0 amide bonds. The Balaban J connectivity index is 1.97. The molecule has 1 aliphatic rings. The molecule has 7 heteroatoms. The summed E-state index contributed by atoms with van der Waals surface area (Å²) in [7, 11) is 0. The fraction of sp³-hybridized carbons (Fsp3) is 0.125. The standard InChI is InChI=1S/C16H10F3NO3/c1-9-2-7-13-12(8-9)15(21)14(20(13)22)10-3-5-11(6-4-10)23-16(17,18)19/h2-8H,1H3. The molecule has 0 fully saturated rings. The fourth-order valence-corrected chi connectivity index (χ4v) is 2.41. The topological polar surface area (TPSA) is 52.4 Å². The minimum absolute atomic E-state index is 0.121. The Morgan fingerprint density at radius 2 is 1.74 bits per heavy atom. The molecule has 0 saturated carbocycles. The first-order valence-electron chi connectivity index (χ1n) is 6.62. The fourth-order valence-electron chi connectivity index (χ4n) is 2.41. The Kier molecular flexibility index (Phi) is 3.35. The number of aryl methyl sites for hydroxylation is 1. The average Bonchev–Trinajstić information content (AvgIpc) is 2.70. The van der Waals surface area contributed by atoms with Crippen LogP contribution >= 0.6 is 0 Å². The van der Waals surface area contributed by atoms with Crippen LogP contribution in [0.15, 0.2) is 42.5 Å². The molecule has 0 spiro atoms. The second-order valence-corrected chi connectivity index (χ2v) is 5.06. The Bertz CT molecular complexity index is 823. The molecule has 0 aromatic heterocycles. The van der Waals surface area contributed by atoms with Gasteiger partial charge in [0, 0.05) is 6.07 Å². The zero-order valence-corrected chi connectivity index (χ0v) is 11.8. The van der Waals surface area contributed by atoms with Gasteiger partial charge in [0.25, 0.3) is 11.5 Å². The first kappa shape index (κ1) is 15.1. The van der Waals surface area contributed by atoms with Gasteiger partial charge in [-0.2, -0.15) is 4.74 Å². The van der Waals surface area contributed by atoms with Crippen molar-refractivity contribution in [1.82, 2.24) is 0 Å². The minimum atomic E-state index is -4.80. The molecule has 0 N–H and O–H groups in total. The number of ether oxygens (including phenoxy) is 1. The van der Waals surface area contributed by atoms with Crippen LogP contribution in [0.5, 0.6) is 5.75 Å². The predicted molar refractivity (Wildman–Crippen MR) is 76.0 cm³/mol. The highest BCUT2D eigenvalue weighted by molar-refractivity contribution is 6.52. The van der Waals surface area contributed by atoms with E-state index in [9.17, 15) is 23.2 Å². The molecule has 0 atom stereocenters. The van der Waals surface area contributed by atoms with Gasteiger partial charge >= 0.3 is 6.36 Å². The number of alkyl halides is 3. The molecule has 118 valence electrons. The van der Waals surface area contributed by atoms with Crippen LogP contribution in [-0.4, -0.2) is 22.6 Å². The van der Waals surface area contributed by atoms with Crippen molar-refractivity contribution in [3.63, 3.8) is 0 Å². The van der Waals surface area contributed by atoms with Crippen LogP contribution in [-0.2, 0) is 0 Å². The van der Waals surface area contributed by atoms with Crippen LogP contribution in [0, 0.1) is 12.1 Å². The quantitative estimate of drug-likeness (QED) is 0.626. The van der Waals surface area contributed by atoms with Crippen LogP contribution in [0.25, 0.3) is 0 Å². The third-order valence-electron chi connectivity index (χ3n) is 3.39. The number of carbonyl (C=O) groups excluding carboxylic acids is 1. The molecule has 2 aromatic rings. The average molecular weight is 321 g/mol. The number of rotatable bonds is 2. The zero-order valence-electron chi connectivity index (χ0n) is 11.8. The van der Waals surface area contributed by atoms with E-state index in [4.69, 9.17) is 0 Å². The van der Waals surface area contributed by atoms with E-state index < -0.39 is 17.9 Å². The first-order valence-corrected chi connectivity index (χ1v) is 6.62. The van der Waals surface area contributed by atoms with Gasteiger partial charge < -0.3 is 9.94 Å². The number of ketones is 1. The Hall–Kier alpha value is -2.83. The molecule has 0 unspecified atom stereocenters. The van der Waals surface area contributed by atoms with Crippen molar-refractivity contribution in [2.75, 3.05) is 0 Å². The Morgan fingerprint density at radius 1 is 1.09 bits per heavy atom. The molecule has 3 rings (SSSR count). The van der Waals surface area contributed by atoms with Gasteiger partial charge in [-0.3, -0.25) is 4.79 Å². The normalized spacial score (nSPS) is 14.2. The molecule has 2 aromatic carbocycles. The van der Waals surface area contributed by atoms with E-state index in [0.717, 1.165) is 17.7 Å². The van der Waals surface area contributed by atoms with Crippen molar-refractivity contribution in [3.8, 4) is 5.75 Å². The lowest BCUT2D eigenvalue weighted by Gasteiger charge is -2.08. The van der Waals surface area contributed by atoms with Crippen LogP contribution < -0.4 is 4.74 Å². The van der Waals surface area contributed by atoms with Gasteiger partial charge in [-0.1, -0.05) is 6.07 Å². The number of carbonyl (C=O) groups is 1. The summed E-state index contributed by atoms with van der Waals surface area (Å²) in [5.74, 6) is -0.874. The third-order valence-corrected chi connectivity index (χ3v) is 3.39. The lowest BCUT2D eigenvalue weighted by atomic mass is 10.0. The second-order valence-electron chi connectivity index (χ2n) is 5.06. The van der Waals surface area contributed by atoms with Gasteiger partial charge in [0.1, 0.15) is 11.3 Å². The summed E-state index contributed by atoms with van der Waals surface area (Å²) >= 11 is 0. The number of fused-ring (bicyclic) bond motifs is 1. The van der Waals surface area contributed by atoms with Gasteiger partial charge in [-0.25, -0.2) is 0 Å². The molecular weight excluding hydrogens is 311 g/mol. The van der Waals surface area contributed by atoms with Crippen molar-refractivity contribution < 1.29 is 27.4 Å². The Labute approximate surface area is 129 Å². The van der Waals surface area contributed by atoms with Gasteiger partial charge in [-0.05, 0) is 42.8 Å². The van der Waals surface area contributed by atoms with E-state index in [0.29, 0.717) is 4.74 Å². The highest BCUT2D eigenvalue weighted by Gasteiger charge is 2.37. The molecule has 23 heavy (non-hydrogen) atoms. The number of halogens is 3. The highest BCUT2D eigenvalue weighted by Crippen LogP contribution is 2.30. The molecule has 0 radical (unpaired) electrons. The maximum Gasteiger partial charge on any atom is 0.573 e. The van der Waals surface area contributed by atoms with E-state index in [1.807, 2.05) is 0 Å². The highest BCUT2D eigenvalue weighted by atomic mass is 19.4. The first-order chi connectivity index (χ1) is 10.8. The van der Waals surface area contributed by atoms with Crippen LogP contribution in [0.4, 0.5) is 18.9 Å². The van der Waals surface area contributed by atoms with Crippen LogP contribution in [0.1, 0.15) is 21.5 Å². The zero-order chi connectivity index (χ0) is 16.8. The molecule has 0 saturated heterocycles. The summed E-state index contributed by atoms with van der Waals surface area (Å²) < 4.78 is 40.7. The molecule has 4 nitrogen and oxygen atoms in total. The summed E-state index contributed by atoms with van der Waals surface area (Å²) in [6.45, 7) is 1.80. The molecule has 1 aliphatic heterocycles. The van der Waals surface area contributed by atoms with Crippen molar-refractivity contribution in [2.45, 2.75) is 13.3 Å². The summed E-state index contributed by atoms with van der Waals surface area (Å²) in [6, 6.07) is 9.48. The van der Waals surface area contributed by atoms with Crippen LogP contribution in [0.3, 0.4) is 0 Å². The largest absolute Gasteiger partial charge is 0.618 e. The number of benzene rings is 2. The summed E-state index contributed by atoms with van der Waals surface area (Å²) in [4.78, 5) is 12.4. The van der Waals surface area contributed by atoms with E-state index in [-0.39, 0.29) is 22.5 Å². The number of hydrogen-bond donors (Lipinski definition) is 0. The monoisotopic (exact) mass is 321 g/mol.